The summed E-state index contributed by atoms with van der Waals surface area (Å²) in [6.45, 7) is 3.65. The van der Waals surface area contributed by atoms with Crippen LogP contribution in [0.15, 0.2) is 23.1 Å². The van der Waals surface area contributed by atoms with Crippen LogP contribution >= 0.6 is 11.3 Å². The van der Waals surface area contributed by atoms with Gasteiger partial charge in [-0.2, -0.15) is 0 Å². The SMILES string of the molecule is Cc1ccc(-c2sc(NC(=O)CC3CCCC3)nc2C)cc1S(=O)(=O)N[C@H]1CCC[C@H](O)C1. The van der Waals surface area contributed by atoms with E-state index >= 15 is 0 Å². The second kappa shape index (κ2) is 10.2. The molecule has 2 saturated carbocycles. The number of carbonyl (C=O) groups excluding carboxylic acids is 1. The van der Waals surface area contributed by atoms with Gasteiger partial charge in [0.15, 0.2) is 5.13 Å². The van der Waals surface area contributed by atoms with Gasteiger partial charge in [0.05, 0.1) is 21.6 Å². The number of anilines is 1. The van der Waals surface area contributed by atoms with Crippen molar-refractivity contribution in [3.05, 3.63) is 29.5 Å². The Morgan fingerprint density at radius 2 is 1.91 bits per heavy atom. The molecule has 0 unspecified atom stereocenters. The molecule has 2 fully saturated rings. The molecule has 1 amide bonds. The van der Waals surface area contributed by atoms with Gasteiger partial charge < -0.3 is 10.4 Å². The van der Waals surface area contributed by atoms with Gasteiger partial charge in [0.1, 0.15) is 0 Å². The minimum absolute atomic E-state index is 0.00626. The molecule has 1 aromatic carbocycles. The maximum absolute atomic E-state index is 13.1. The van der Waals surface area contributed by atoms with Gasteiger partial charge in [-0.1, -0.05) is 36.3 Å². The van der Waals surface area contributed by atoms with Crippen molar-refractivity contribution in [1.82, 2.24) is 9.71 Å². The molecule has 0 radical (unpaired) electrons. The van der Waals surface area contributed by atoms with Crippen LogP contribution in [-0.4, -0.2) is 36.6 Å². The number of rotatable bonds is 7. The minimum Gasteiger partial charge on any atom is -0.393 e. The van der Waals surface area contributed by atoms with E-state index in [-0.39, 0.29) is 16.8 Å². The number of aliphatic hydroxyl groups is 1. The lowest BCUT2D eigenvalue weighted by molar-refractivity contribution is -0.117. The fourth-order valence-corrected chi connectivity index (χ4v) is 7.48. The van der Waals surface area contributed by atoms with E-state index < -0.39 is 16.1 Å². The number of amides is 1. The molecule has 7 nitrogen and oxygen atoms in total. The average Bonchev–Trinajstić information content (AvgIpc) is 3.37. The standard InChI is InChI=1S/C24H33N3O4S2/c1-15-10-11-18(13-21(15)33(30,31)27-19-8-5-9-20(28)14-19)23-16(2)25-24(32-23)26-22(29)12-17-6-3-4-7-17/h10-11,13,17,19-20,27-28H,3-9,12,14H2,1-2H3,(H,25,26,29)/t19-,20-/m0/s1. The van der Waals surface area contributed by atoms with Crippen LogP contribution in [0.3, 0.4) is 0 Å². The van der Waals surface area contributed by atoms with Crippen molar-refractivity contribution in [2.24, 2.45) is 5.92 Å². The Bertz CT molecular complexity index is 1110. The largest absolute Gasteiger partial charge is 0.393 e. The highest BCUT2D eigenvalue weighted by molar-refractivity contribution is 7.89. The van der Waals surface area contributed by atoms with Crippen molar-refractivity contribution in [2.45, 2.75) is 88.7 Å². The van der Waals surface area contributed by atoms with Gasteiger partial charge >= 0.3 is 0 Å². The normalized spacial score (nSPS) is 21.9. The van der Waals surface area contributed by atoms with Crippen LogP contribution in [0.5, 0.6) is 0 Å². The van der Waals surface area contributed by atoms with E-state index in [0.29, 0.717) is 29.5 Å². The van der Waals surface area contributed by atoms with Crippen LogP contribution in [0.25, 0.3) is 10.4 Å². The van der Waals surface area contributed by atoms with Gasteiger partial charge in [0.25, 0.3) is 0 Å². The lowest BCUT2D eigenvalue weighted by Crippen LogP contribution is -2.39. The Morgan fingerprint density at radius 3 is 2.64 bits per heavy atom. The summed E-state index contributed by atoms with van der Waals surface area (Å²) in [6, 6.07) is 5.12. The molecular weight excluding hydrogens is 458 g/mol. The summed E-state index contributed by atoms with van der Waals surface area (Å²) in [7, 11) is -3.73. The molecule has 0 spiro atoms. The molecule has 1 heterocycles. The van der Waals surface area contributed by atoms with Gasteiger partial charge in [0, 0.05) is 12.5 Å². The van der Waals surface area contributed by atoms with Crippen LogP contribution in [0.1, 0.15) is 69.0 Å². The zero-order valence-electron chi connectivity index (χ0n) is 19.3. The van der Waals surface area contributed by atoms with Crippen LogP contribution < -0.4 is 10.0 Å². The molecule has 2 aliphatic carbocycles. The minimum atomic E-state index is -3.73. The molecule has 2 aliphatic rings. The summed E-state index contributed by atoms with van der Waals surface area (Å²) in [5.41, 5.74) is 2.18. The summed E-state index contributed by atoms with van der Waals surface area (Å²) in [4.78, 5) is 18.0. The third-order valence-electron chi connectivity index (χ3n) is 6.70. The van der Waals surface area contributed by atoms with Crippen LogP contribution in [0.4, 0.5) is 5.13 Å². The first-order chi connectivity index (χ1) is 15.7. The van der Waals surface area contributed by atoms with Crippen LogP contribution in [-0.2, 0) is 14.8 Å². The molecule has 4 rings (SSSR count). The van der Waals surface area contributed by atoms with E-state index in [0.717, 1.165) is 48.2 Å². The maximum atomic E-state index is 13.1. The van der Waals surface area contributed by atoms with Crippen molar-refractivity contribution in [3.63, 3.8) is 0 Å². The molecule has 0 saturated heterocycles. The van der Waals surface area contributed by atoms with Gasteiger partial charge in [-0.25, -0.2) is 18.1 Å². The Balaban J connectivity index is 1.51. The number of thiazole rings is 1. The van der Waals surface area contributed by atoms with Crippen LogP contribution in [0, 0.1) is 19.8 Å². The number of aromatic nitrogens is 1. The summed E-state index contributed by atoms with van der Waals surface area (Å²) < 4.78 is 29.1. The lowest BCUT2D eigenvalue weighted by Gasteiger charge is -2.26. The first-order valence-corrected chi connectivity index (χ1v) is 14.1. The first kappa shape index (κ1) is 24.3. The second-order valence-electron chi connectivity index (χ2n) is 9.46. The molecule has 2 aromatic rings. The van der Waals surface area contributed by atoms with Gasteiger partial charge in [-0.3, -0.25) is 4.79 Å². The van der Waals surface area contributed by atoms with Crippen molar-refractivity contribution in [3.8, 4) is 10.4 Å². The predicted octanol–water partition coefficient (Wildman–Crippen LogP) is 4.53. The Labute approximate surface area is 200 Å². The van der Waals surface area contributed by atoms with Gasteiger partial charge in [0.2, 0.25) is 15.9 Å². The second-order valence-corrected chi connectivity index (χ2v) is 12.1. The number of hydrogen-bond donors (Lipinski definition) is 3. The highest BCUT2D eigenvalue weighted by atomic mass is 32.2. The predicted molar refractivity (Wildman–Crippen MR) is 131 cm³/mol. The maximum Gasteiger partial charge on any atom is 0.241 e. The molecule has 1 aromatic heterocycles. The van der Waals surface area contributed by atoms with E-state index in [1.54, 1.807) is 19.1 Å². The van der Waals surface area contributed by atoms with Crippen molar-refractivity contribution < 1.29 is 18.3 Å². The zero-order chi connectivity index (χ0) is 23.6. The summed E-state index contributed by atoms with van der Waals surface area (Å²) in [5, 5.41) is 13.4. The Kier molecular flexibility index (Phi) is 7.53. The molecule has 180 valence electrons. The monoisotopic (exact) mass is 491 g/mol. The number of nitrogens with zero attached hydrogens (tertiary/aromatic N) is 1. The smallest absolute Gasteiger partial charge is 0.241 e. The number of nitrogens with one attached hydrogen (secondary N) is 2. The number of aryl methyl sites for hydroxylation is 2. The van der Waals surface area contributed by atoms with Crippen molar-refractivity contribution in [2.75, 3.05) is 5.32 Å². The van der Waals surface area contributed by atoms with E-state index in [1.807, 2.05) is 13.0 Å². The van der Waals surface area contributed by atoms with Crippen molar-refractivity contribution >= 4 is 32.4 Å². The summed E-state index contributed by atoms with van der Waals surface area (Å²) in [6.07, 6.45) is 7.40. The zero-order valence-corrected chi connectivity index (χ0v) is 20.9. The molecule has 2 atom stereocenters. The average molecular weight is 492 g/mol. The Hall–Kier alpha value is -1.81. The summed E-state index contributed by atoms with van der Waals surface area (Å²) in [5.74, 6) is 0.460. The first-order valence-electron chi connectivity index (χ1n) is 11.8. The van der Waals surface area contributed by atoms with E-state index in [9.17, 15) is 18.3 Å². The molecule has 0 aliphatic heterocycles. The number of hydrogen-bond acceptors (Lipinski definition) is 6. The molecule has 33 heavy (non-hydrogen) atoms. The van der Waals surface area contributed by atoms with Crippen molar-refractivity contribution in [1.29, 1.82) is 0 Å². The number of benzene rings is 1. The van der Waals surface area contributed by atoms with Gasteiger partial charge in [-0.15, -0.1) is 0 Å². The Morgan fingerprint density at radius 1 is 1.15 bits per heavy atom. The number of carbonyl (C=O) groups is 1. The lowest BCUT2D eigenvalue weighted by atomic mass is 9.94. The van der Waals surface area contributed by atoms with Gasteiger partial charge in [-0.05, 0) is 75.5 Å². The number of aliphatic hydroxyl groups excluding tert-OH is 1. The summed E-state index contributed by atoms with van der Waals surface area (Å²) >= 11 is 1.37. The molecule has 3 N–H and O–H groups in total. The third-order valence-corrected chi connectivity index (χ3v) is 9.48. The quantitative estimate of drug-likeness (QED) is 0.527. The fraction of sp³-hybridized carbons (Fsp3) is 0.583. The highest BCUT2D eigenvalue weighted by Gasteiger charge is 2.27. The van der Waals surface area contributed by atoms with E-state index in [1.165, 1.54) is 24.2 Å². The fourth-order valence-electron chi connectivity index (χ4n) is 4.95. The molecule has 9 heteroatoms. The van der Waals surface area contributed by atoms with Crippen LogP contribution in [0.2, 0.25) is 0 Å². The highest BCUT2D eigenvalue weighted by Crippen LogP contribution is 2.35. The van der Waals surface area contributed by atoms with E-state index in [2.05, 4.69) is 15.0 Å². The molecule has 0 bridgehead atoms. The molecular formula is C24H33N3O4S2. The topological polar surface area (TPSA) is 108 Å². The van der Waals surface area contributed by atoms with E-state index in [4.69, 9.17) is 0 Å². The number of sulfonamides is 1. The third kappa shape index (κ3) is 6.01.